The molecule has 2 aliphatic rings. The Morgan fingerprint density at radius 3 is 2.33 bits per heavy atom. The van der Waals surface area contributed by atoms with Gasteiger partial charge in [0.05, 0.1) is 16.9 Å². The van der Waals surface area contributed by atoms with E-state index in [0.29, 0.717) is 38.2 Å². The fraction of sp³-hybridized carbons (Fsp3) is 0.500. The number of ether oxygens (including phenoxy) is 1. The van der Waals surface area contributed by atoms with Gasteiger partial charge < -0.3 is 20.3 Å². The molecule has 10 heteroatoms. The lowest BCUT2D eigenvalue weighted by molar-refractivity contribution is -0.144. The van der Waals surface area contributed by atoms with Crippen LogP contribution in [0.2, 0.25) is 0 Å². The first-order valence-electron chi connectivity index (χ1n) is 12.4. The molecule has 2 aromatic rings. The van der Waals surface area contributed by atoms with Crippen molar-refractivity contribution in [2.24, 2.45) is 5.73 Å². The molecule has 1 saturated heterocycles. The Labute approximate surface area is 214 Å². The summed E-state index contributed by atoms with van der Waals surface area (Å²) in [7, 11) is 0. The Morgan fingerprint density at radius 2 is 1.61 bits per heavy atom. The zero-order chi connectivity index (χ0) is 25.5. The second kappa shape index (κ2) is 12.3. The number of carbonyl (C=O) groups excluding carboxylic acids is 1. The number of halogens is 3. The Hall–Kier alpha value is -2.27. The van der Waals surface area contributed by atoms with E-state index in [4.69, 9.17) is 10.5 Å². The number of benzene rings is 2. The number of para-hydroxylation sites is 1. The van der Waals surface area contributed by atoms with Gasteiger partial charge in [0.15, 0.2) is 0 Å². The highest BCUT2D eigenvalue weighted by Gasteiger charge is 2.33. The van der Waals surface area contributed by atoms with Crippen molar-refractivity contribution >= 4 is 29.1 Å². The Bertz CT molecular complexity index is 1030. The van der Waals surface area contributed by atoms with Crippen molar-refractivity contribution < 1.29 is 22.7 Å². The second-order valence-corrected chi connectivity index (χ2v) is 10.1. The topological polar surface area (TPSA) is 62.0 Å². The molecule has 0 atom stereocenters. The number of anilines is 2. The number of nitrogens with zero attached hydrogens (tertiary/aromatic N) is 3. The van der Waals surface area contributed by atoms with Gasteiger partial charge in [-0.15, -0.1) is 0 Å². The molecule has 0 aliphatic carbocycles. The maximum Gasteiger partial charge on any atom is 0.416 e. The molecule has 196 valence electrons. The lowest BCUT2D eigenvalue weighted by atomic mass is 10.1. The third-order valence-corrected chi connectivity index (χ3v) is 7.66. The number of esters is 1. The number of piperazine rings is 1. The summed E-state index contributed by atoms with van der Waals surface area (Å²) in [4.78, 5) is 20.2. The van der Waals surface area contributed by atoms with Crippen molar-refractivity contribution in [2.75, 3.05) is 63.9 Å². The van der Waals surface area contributed by atoms with Crippen LogP contribution in [-0.4, -0.2) is 74.7 Å². The van der Waals surface area contributed by atoms with E-state index in [1.165, 1.54) is 23.9 Å². The Morgan fingerprint density at radius 1 is 0.917 bits per heavy atom. The molecule has 0 spiro atoms. The largest absolute Gasteiger partial charge is 0.464 e. The number of rotatable bonds is 10. The fourth-order valence-electron chi connectivity index (χ4n) is 4.54. The Kier molecular flexibility index (Phi) is 9.16. The molecule has 36 heavy (non-hydrogen) atoms. The van der Waals surface area contributed by atoms with Gasteiger partial charge in [0.2, 0.25) is 0 Å². The van der Waals surface area contributed by atoms with Crippen molar-refractivity contribution in [3.63, 3.8) is 0 Å². The molecule has 0 aromatic heterocycles. The smallest absolute Gasteiger partial charge is 0.416 e. The number of hydrogen-bond donors (Lipinski definition) is 1. The predicted molar refractivity (Wildman–Crippen MR) is 136 cm³/mol. The fourth-order valence-corrected chi connectivity index (χ4v) is 5.62. The van der Waals surface area contributed by atoms with E-state index < -0.39 is 11.7 Å². The highest BCUT2D eigenvalue weighted by Crippen LogP contribution is 2.49. The number of alkyl halides is 3. The van der Waals surface area contributed by atoms with E-state index >= 15 is 0 Å². The molecule has 2 aliphatic heterocycles. The maximum atomic E-state index is 13.4. The monoisotopic (exact) mass is 522 g/mol. The number of carbonyl (C=O) groups is 1. The molecule has 0 saturated carbocycles. The van der Waals surface area contributed by atoms with E-state index in [1.54, 1.807) is 6.07 Å². The van der Waals surface area contributed by atoms with Gasteiger partial charge in [-0.2, -0.15) is 13.2 Å². The minimum atomic E-state index is -4.37. The van der Waals surface area contributed by atoms with Crippen LogP contribution in [0.4, 0.5) is 24.5 Å². The number of fused-ring (bicyclic) bond motifs is 2. The molecule has 0 radical (unpaired) electrons. The summed E-state index contributed by atoms with van der Waals surface area (Å²) in [5, 5.41) is 0. The van der Waals surface area contributed by atoms with E-state index in [0.717, 1.165) is 61.2 Å². The van der Waals surface area contributed by atoms with Gasteiger partial charge in [-0.3, -0.25) is 9.69 Å². The quantitative estimate of drug-likeness (QED) is 0.458. The minimum absolute atomic E-state index is 0.194. The first-order valence-corrected chi connectivity index (χ1v) is 13.2. The van der Waals surface area contributed by atoms with Crippen LogP contribution in [0.1, 0.15) is 24.8 Å². The van der Waals surface area contributed by atoms with Gasteiger partial charge in [0, 0.05) is 55.5 Å². The van der Waals surface area contributed by atoms with Crippen LogP contribution < -0.4 is 10.6 Å². The molecule has 4 rings (SSSR count). The molecular weight excluding hydrogens is 489 g/mol. The van der Waals surface area contributed by atoms with E-state index in [2.05, 4.69) is 9.80 Å². The van der Waals surface area contributed by atoms with E-state index in [-0.39, 0.29) is 5.97 Å². The molecule has 6 nitrogen and oxygen atoms in total. The van der Waals surface area contributed by atoms with Gasteiger partial charge in [-0.1, -0.05) is 23.9 Å². The first-order chi connectivity index (χ1) is 17.3. The van der Waals surface area contributed by atoms with Crippen LogP contribution in [0.15, 0.2) is 52.3 Å². The van der Waals surface area contributed by atoms with Gasteiger partial charge in [-0.25, -0.2) is 0 Å². The third kappa shape index (κ3) is 6.94. The molecule has 0 bridgehead atoms. The number of nitrogens with two attached hydrogens (primary N) is 1. The summed E-state index contributed by atoms with van der Waals surface area (Å²) in [6.45, 7) is 6.78. The SMILES string of the molecule is NCCCC(=O)OCCN1CCN(CCCN2c3ccccc3Sc3ccc(C(F)(F)F)cc32)CC1. The summed E-state index contributed by atoms with van der Waals surface area (Å²) in [6.07, 6.45) is -2.51. The highest BCUT2D eigenvalue weighted by atomic mass is 32.2. The van der Waals surface area contributed by atoms with Gasteiger partial charge in [0.1, 0.15) is 6.61 Å². The van der Waals surface area contributed by atoms with Crippen molar-refractivity contribution in [3.05, 3.63) is 48.0 Å². The molecule has 2 aromatic carbocycles. The van der Waals surface area contributed by atoms with Crippen molar-refractivity contribution in [1.82, 2.24) is 9.80 Å². The normalized spacial score (nSPS) is 16.5. The summed E-state index contributed by atoms with van der Waals surface area (Å²) in [6, 6.07) is 11.9. The zero-order valence-electron chi connectivity index (χ0n) is 20.3. The van der Waals surface area contributed by atoms with Gasteiger partial charge in [-0.05, 0) is 56.3 Å². The number of hydrogen-bond acceptors (Lipinski definition) is 7. The Balaban J connectivity index is 1.28. The van der Waals surface area contributed by atoms with Crippen molar-refractivity contribution in [3.8, 4) is 0 Å². The summed E-state index contributed by atoms with van der Waals surface area (Å²) in [5.41, 5.74) is 6.38. The third-order valence-electron chi connectivity index (χ3n) is 6.53. The second-order valence-electron chi connectivity index (χ2n) is 9.05. The van der Waals surface area contributed by atoms with E-state index in [1.807, 2.05) is 29.2 Å². The van der Waals surface area contributed by atoms with Gasteiger partial charge in [0.25, 0.3) is 0 Å². The minimum Gasteiger partial charge on any atom is -0.464 e. The van der Waals surface area contributed by atoms with Crippen LogP contribution in [0.5, 0.6) is 0 Å². The highest BCUT2D eigenvalue weighted by molar-refractivity contribution is 7.99. The van der Waals surface area contributed by atoms with Crippen LogP contribution in [0, 0.1) is 0 Å². The van der Waals surface area contributed by atoms with Crippen LogP contribution in [-0.2, 0) is 15.7 Å². The molecule has 0 unspecified atom stereocenters. The summed E-state index contributed by atoms with van der Waals surface area (Å²) >= 11 is 1.52. The molecule has 2 N–H and O–H groups in total. The lowest BCUT2D eigenvalue weighted by Crippen LogP contribution is -2.47. The van der Waals surface area contributed by atoms with Crippen LogP contribution in [0.25, 0.3) is 0 Å². The maximum absolute atomic E-state index is 13.4. The van der Waals surface area contributed by atoms with Gasteiger partial charge >= 0.3 is 12.1 Å². The van der Waals surface area contributed by atoms with Crippen molar-refractivity contribution in [2.45, 2.75) is 35.2 Å². The average molecular weight is 523 g/mol. The molecule has 1 fully saturated rings. The zero-order valence-corrected chi connectivity index (χ0v) is 21.1. The first kappa shape index (κ1) is 26.8. The average Bonchev–Trinajstić information content (AvgIpc) is 2.87. The van der Waals surface area contributed by atoms with Crippen LogP contribution in [0.3, 0.4) is 0 Å². The standard InChI is InChI=1S/C26H33F3N4O2S/c27-26(28,29)20-8-9-24-22(19-20)33(21-5-1-2-6-23(21)36-24)12-4-11-31-13-15-32(16-14-31)17-18-35-25(34)7-3-10-30/h1-2,5-6,8-9,19H,3-4,7,10-18,30H2. The lowest BCUT2D eigenvalue weighted by Gasteiger charge is -2.36. The predicted octanol–water partition coefficient (Wildman–Crippen LogP) is 4.60. The van der Waals surface area contributed by atoms with Crippen molar-refractivity contribution in [1.29, 1.82) is 0 Å². The molecule has 0 amide bonds. The summed E-state index contributed by atoms with van der Waals surface area (Å²) < 4.78 is 45.5. The molecule has 2 heterocycles. The van der Waals surface area contributed by atoms with Crippen LogP contribution >= 0.6 is 11.8 Å². The summed E-state index contributed by atoms with van der Waals surface area (Å²) in [5.74, 6) is -0.194. The van der Waals surface area contributed by atoms with E-state index in [9.17, 15) is 18.0 Å². The molecular formula is C26H33F3N4O2S.